The van der Waals surface area contributed by atoms with Crippen molar-refractivity contribution in [3.05, 3.63) is 64.0 Å². The van der Waals surface area contributed by atoms with Gasteiger partial charge in [-0.15, -0.1) is 0 Å². The van der Waals surface area contributed by atoms with Gasteiger partial charge in [-0.1, -0.05) is 67.2 Å². The van der Waals surface area contributed by atoms with E-state index in [1.54, 1.807) is 19.2 Å². The monoisotopic (exact) mass is 441 g/mol. The Bertz CT molecular complexity index is 978. The summed E-state index contributed by atoms with van der Waals surface area (Å²) in [4.78, 5) is 30.0. The first-order valence-corrected chi connectivity index (χ1v) is 11.5. The van der Waals surface area contributed by atoms with Crippen molar-refractivity contribution in [2.75, 3.05) is 7.11 Å². The third-order valence-corrected chi connectivity index (χ3v) is 7.02. The van der Waals surface area contributed by atoms with E-state index >= 15 is 0 Å². The third-order valence-electron chi connectivity index (χ3n) is 5.67. The van der Waals surface area contributed by atoms with Gasteiger partial charge >= 0.3 is 0 Å². The number of benzene rings is 2. The molecule has 6 heteroatoms. The van der Waals surface area contributed by atoms with Gasteiger partial charge in [0.2, 0.25) is 0 Å². The van der Waals surface area contributed by atoms with Crippen LogP contribution in [0.2, 0.25) is 5.02 Å². The highest BCUT2D eigenvalue weighted by Crippen LogP contribution is 2.44. The van der Waals surface area contributed by atoms with Crippen LogP contribution in [0.1, 0.15) is 44.1 Å². The molecule has 1 aliphatic carbocycles. The van der Waals surface area contributed by atoms with E-state index in [0.717, 1.165) is 43.4 Å². The summed E-state index contributed by atoms with van der Waals surface area (Å²) in [6.45, 7) is 0. The maximum absolute atomic E-state index is 13.6. The molecule has 1 aliphatic heterocycles. The van der Waals surface area contributed by atoms with Crippen molar-refractivity contribution in [2.45, 2.75) is 49.5 Å². The fourth-order valence-corrected chi connectivity index (χ4v) is 5.30. The van der Waals surface area contributed by atoms with Crippen LogP contribution in [-0.4, -0.2) is 29.9 Å². The lowest BCUT2D eigenvalue weighted by Gasteiger charge is -2.25. The summed E-state index contributed by atoms with van der Waals surface area (Å²) < 4.78 is 5.51. The molecule has 30 heavy (non-hydrogen) atoms. The Labute approximate surface area is 186 Å². The predicted molar refractivity (Wildman–Crippen MR) is 121 cm³/mol. The van der Waals surface area contributed by atoms with Crippen molar-refractivity contribution in [2.24, 2.45) is 0 Å². The van der Waals surface area contributed by atoms with Crippen molar-refractivity contribution in [1.82, 2.24) is 4.90 Å². The number of ether oxygens (including phenoxy) is 1. The van der Waals surface area contributed by atoms with Crippen LogP contribution in [-0.2, 0) is 9.59 Å². The SMILES string of the molecule is COc1ccccc1C1=C(Sc2ccc(Cl)cc2)C(=O)N(C2CCCCCC2)C1=O. The molecule has 4 rings (SSSR count). The van der Waals surface area contributed by atoms with E-state index in [0.29, 0.717) is 26.8 Å². The van der Waals surface area contributed by atoms with Gasteiger partial charge < -0.3 is 4.74 Å². The Hall–Kier alpha value is -2.24. The fourth-order valence-electron chi connectivity index (χ4n) is 4.18. The standard InChI is InChI=1S/C24H24ClNO3S/c1-29-20-11-7-6-10-19(20)21-22(30-18-14-12-16(25)13-15-18)24(28)26(23(21)27)17-8-4-2-3-5-9-17/h6-7,10-15,17H,2-5,8-9H2,1H3. The topological polar surface area (TPSA) is 46.6 Å². The average Bonchev–Trinajstić information content (AvgIpc) is 2.93. The highest BCUT2D eigenvalue weighted by Gasteiger charge is 2.43. The second-order valence-corrected chi connectivity index (χ2v) is 9.11. The Morgan fingerprint density at radius 2 is 1.60 bits per heavy atom. The number of amides is 2. The lowest BCUT2D eigenvalue weighted by atomic mass is 10.0. The van der Waals surface area contributed by atoms with Gasteiger partial charge in [-0.05, 0) is 43.2 Å². The van der Waals surface area contributed by atoms with E-state index in [9.17, 15) is 9.59 Å². The van der Waals surface area contributed by atoms with Gasteiger partial charge in [0, 0.05) is 21.5 Å². The number of hydrogen-bond donors (Lipinski definition) is 0. The number of carbonyl (C=O) groups is 2. The number of methoxy groups -OCH3 is 1. The Morgan fingerprint density at radius 3 is 2.27 bits per heavy atom. The van der Waals surface area contributed by atoms with Crippen molar-refractivity contribution in [1.29, 1.82) is 0 Å². The molecule has 2 aliphatic rings. The summed E-state index contributed by atoms with van der Waals surface area (Å²) in [5.41, 5.74) is 1.09. The van der Waals surface area contributed by atoms with E-state index < -0.39 is 0 Å². The van der Waals surface area contributed by atoms with Crippen molar-refractivity contribution in [3.63, 3.8) is 0 Å². The number of halogens is 1. The number of thioether (sulfide) groups is 1. The number of hydrogen-bond acceptors (Lipinski definition) is 4. The van der Waals surface area contributed by atoms with Crippen molar-refractivity contribution < 1.29 is 14.3 Å². The van der Waals surface area contributed by atoms with Crippen LogP contribution in [0.4, 0.5) is 0 Å². The molecule has 156 valence electrons. The van der Waals surface area contributed by atoms with E-state index in [4.69, 9.17) is 16.3 Å². The van der Waals surface area contributed by atoms with Crippen LogP contribution in [0.25, 0.3) is 5.57 Å². The zero-order chi connectivity index (χ0) is 21.1. The highest BCUT2D eigenvalue weighted by atomic mass is 35.5. The first-order valence-electron chi connectivity index (χ1n) is 10.3. The smallest absolute Gasteiger partial charge is 0.268 e. The molecule has 0 saturated heterocycles. The number of imide groups is 1. The minimum atomic E-state index is -0.215. The molecule has 1 saturated carbocycles. The fraction of sp³-hybridized carbons (Fsp3) is 0.333. The molecule has 4 nitrogen and oxygen atoms in total. The number of rotatable bonds is 5. The number of nitrogens with zero attached hydrogens (tertiary/aromatic N) is 1. The molecule has 0 bridgehead atoms. The van der Waals surface area contributed by atoms with Gasteiger partial charge in [0.05, 0.1) is 17.6 Å². The molecule has 2 aromatic rings. The third kappa shape index (κ3) is 4.14. The zero-order valence-corrected chi connectivity index (χ0v) is 18.5. The van der Waals surface area contributed by atoms with E-state index in [2.05, 4.69) is 0 Å². The van der Waals surface area contributed by atoms with E-state index in [-0.39, 0.29) is 17.9 Å². The van der Waals surface area contributed by atoms with Gasteiger partial charge in [0.15, 0.2) is 0 Å². The Balaban J connectivity index is 1.78. The van der Waals surface area contributed by atoms with Crippen LogP contribution in [0.3, 0.4) is 0 Å². The average molecular weight is 442 g/mol. The Kier molecular flexibility index (Phi) is 6.49. The van der Waals surface area contributed by atoms with Crippen LogP contribution in [0.15, 0.2) is 58.3 Å². The summed E-state index contributed by atoms with van der Waals surface area (Å²) in [5, 5.41) is 0.632. The molecule has 0 radical (unpaired) electrons. The quantitative estimate of drug-likeness (QED) is 0.425. The van der Waals surface area contributed by atoms with Crippen LogP contribution in [0.5, 0.6) is 5.75 Å². The minimum Gasteiger partial charge on any atom is -0.496 e. The summed E-state index contributed by atoms with van der Waals surface area (Å²) in [7, 11) is 1.58. The first-order chi connectivity index (χ1) is 14.6. The largest absolute Gasteiger partial charge is 0.496 e. The second kappa shape index (κ2) is 9.27. The van der Waals surface area contributed by atoms with Crippen LogP contribution < -0.4 is 4.74 Å². The van der Waals surface area contributed by atoms with E-state index in [1.807, 2.05) is 36.4 Å². The normalized spacial score (nSPS) is 18.1. The molecule has 1 fully saturated rings. The number of carbonyl (C=O) groups excluding carboxylic acids is 2. The van der Waals surface area contributed by atoms with E-state index in [1.165, 1.54) is 16.7 Å². The van der Waals surface area contributed by atoms with Gasteiger partial charge in [-0.2, -0.15) is 0 Å². The number of para-hydroxylation sites is 1. The lowest BCUT2D eigenvalue weighted by Crippen LogP contribution is -2.40. The molecule has 0 aromatic heterocycles. The van der Waals surface area contributed by atoms with Crippen LogP contribution in [0, 0.1) is 0 Å². The summed E-state index contributed by atoms with van der Waals surface area (Å²) in [6.07, 6.45) is 6.15. The highest BCUT2D eigenvalue weighted by molar-refractivity contribution is 8.04. The predicted octanol–water partition coefficient (Wildman–Crippen LogP) is 5.94. The zero-order valence-electron chi connectivity index (χ0n) is 16.9. The summed E-state index contributed by atoms with van der Waals surface area (Å²) in [6, 6.07) is 14.7. The summed E-state index contributed by atoms with van der Waals surface area (Å²) >= 11 is 7.34. The molecule has 2 amide bonds. The lowest BCUT2D eigenvalue weighted by molar-refractivity contribution is -0.139. The van der Waals surface area contributed by atoms with Crippen molar-refractivity contribution >= 4 is 40.8 Å². The first kappa shape index (κ1) is 21.0. The molecule has 1 heterocycles. The van der Waals surface area contributed by atoms with Crippen molar-refractivity contribution in [3.8, 4) is 5.75 Å². The maximum atomic E-state index is 13.6. The molecule has 0 spiro atoms. The second-order valence-electron chi connectivity index (χ2n) is 7.59. The molecule has 0 N–H and O–H groups in total. The Morgan fingerprint density at radius 1 is 0.933 bits per heavy atom. The maximum Gasteiger partial charge on any atom is 0.268 e. The molecule has 0 atom stereocenters. The van der Waals surface area contributed by atoms with Gasteiger partial charge in [-0.3, -0.25) is 14.5 Å². The minimum absolute atomic E-state index is 0.0412. The molecular formula is C24H24ClNO3S. The summed E-state index contributed by atoms with van der Waals surface area (Å²) in [5.74, 6) is 0.172. The molecular weight excluding hydrogens is 418 g/mol. The van der Waals surface area contributed by atoms with Crippen LogP contribution >= 0.6 is 23.4 Å². The van der Waals surface area contributed by atoms with Gasteiger partial charge in [0.1, 0.15) is 5.75 Å². The van der Waals surface area contributed by atoms with Gasteiger partial charge in [0.25, 0.3) is 11.8 Å². The van der Waals surface area contributed by atoms with Gasteiger partial charge in [-0.25, -0.2) is 0 Å². The molecule has 0 unspecified atom stereocenters. The molecule has 2 aromatic carbocycles.